The number of nitrogens with zero attached hydrogens (tertiary/aromatic N) is 2. The minimum atomic E-state index is 0.0365. The van der Waals surface area contributed by atoms with E-state index in [1.54, 1.807) is 0 Å². The van der Waals surface area contributed by atoms with Gasteiger partial charge in [-0.1, -0.05) is 38.1 Å². The zero-order valence-corrected chi connectivity index (χ0v) is 11.6. The molecule has 100 valence electrons. The lowest BCUT2D eigenvalue weighted by molar-refractivity contribution is 0.0750. The zero-order valence-electron chi connectivity index (χ0n) is 11.6. The second-order valence-electron chi connectivity index (χ2n) is 4.68. The Balaban J connectivity index is 2.29. The first-order chi connectivity index (χ1) is 9.26. The number of para-hydroxylation sites is 1. The highest BCUT2D eigenvalue weighted by molar-refractivity contribution is 5.94. The molecule has 1 heterocycles. The van der Waals surface area contributed by atoms with Gasteiger partial charge in [-0.25, -0.2) is 4.98 Å². The molecule has 0 aliphatic rings. The van der Waals surface area contributed by atoms with Crippen LogP contribution < -0.4 is 0 Å². The molecule has 2 rings (SSSR count). The van der Waals surface area contributed by atoms with Gasteiger partial charge in [0, 0.05) is 18.5 Å². The van der Waals surface area contributed by atoms with Crippen molar-refractivity contribution in [3.8, 4) is 0 Å². The Bertz CT molecular complexity index is 559. The van der Waals surface area contributed by atoms with Gasteiger partial charge < -0.3 is 4.90 Å². The number of hydrogen-bond donors (Lipinski definition) is 0. The van der Waals surface area contributed by atoms with Crippen LogP contribution in [-0.4, -0.2) is 28.9 Å². The summed E-state index contributed by atoms with van der Waals surface area (Å²) in [4.78, 5) is 18.8. The van der Waals surface area contributed by atoms with Gasteiger partial charge in [0.1, 0.15) is 5.69 Å². The van der Waals surface area contributed by atoms with Gasteiger partial charge in [-0.3, -0.25) is 4.79 Å². The van der Waals surface area contributed by atoms with Crippen molar-refractivity contribution in [1.29, 1.82) is 0 Å². The van der Waals surface area contributed by atoms with Crippen LogP contribution in [0.2, 0.25) is 0 Å². The maximum atomic E-state index is 12.4. The number of carbonyl (C=O) groups is 1. The van der Waals surface area contributed by atoms with Crippen LogP contribution >= 0.6 is 0 Å². The third kappa shape index (κ3) is 3.11. The van der Waals surface area contributed by atoms with Gasteiger partial charge in [-0.2, -0.15) is 0 Å². The lowest BCUT2D eigenvalue weighted by Crippen LogP contribution is -2.33. The normalized spacial score (nSPS) is 10.6. The molecule has 0 radical (unpaired) electrons. The van der Waals surface area contributed by atoms with Gasteiger partial charge in [-0.05, 0) is 25.0 Å². The van der Waals surface area contributed by atoms with E-state index in [0.29, 0.717) is 5.69 Å². The van der Waals surface area contributed by atoms with Crippen molar-refractivity contribution in [2.45, 2.75) is 26.7 Å². The van der Waals surface area contributed by atoms with Crippen LogP contribution in [0.1, 0.15) is 37.2 Å². The molecule has 0 fully saturated rings. The molecule has 1 aromatic carbocycles. The standard InChI is InChI=1S/C16H20N2O/c1-3-11-18(12-4-2)16(19)15-10-9-13-7-5-6-8-14(13)17-15/h5-10H,3-4,11-12H2,1-2H3. The molecule has 2 aromatic rings. The molecular weight excluding hydrogens is 236 g/mol. The van der Waals surface area contributed by atoms with E-state index in [2.05, 4.69) is 18.8 Å². The molecule has 0 unspecified atom stereocenters. The summed E-state index contributed by atoms with van der Waals surface area (Å²) in [5, 5.41) is 1.07. The fourth-order valence-corrected chi connectivity index (χ4v) is 2.20. The van der Waals surface area contributed by atoms with Crippen molar-refractivity contribution in [2.75, 3.05) is 13.1 Å². The molecule has 0 spiro atoms. The Morgan fingerprint density at radius 2 is 1.74 bits per heavy atom. The topological polar surface area (TPSA) is 33.2 Å². The molecular formula is C16H20N2O. The first-order valence-corrected chi connectivity index (χ1v) is 6.91. The van der Waals surface area contributed by atoms with E-state index in [1.807, 2.05) is 41.3 Å². The Morgan fingerprint density at radius 1 is 1.05 bits per heavy atom. The number of fused-ring (bicyclic) bond motifs is 1. The Hall–Kier alpha value is -1.90. The van der Waals surface area contributed by atoms with Crippen LogP contribution in [0.3, 0.4) is 0 Å². The predicted molar refractivity (Wildman–Crippen MR) is 78.2 cm³/mol. The summed E-state index contributed by atoms with van der Waals surface area (Å²) in [6.07, 6.45) is 1.94. The van der Waals surface area contributed by atoms with Crippen LogP contribution in [0.5, 0.6) is 0 Å². The fourth-order valence-electron chi connectivity index (χ4n) is 2.20. The van der Waals surface area contributed by atoms with Gasteiger partial charge in [0.25, 0.3) is 5.91 Å². The number of aromatic nitrogens is 1. The molecule has 19 heavy (non-hydrogen) atoms. The second-order valence-corrected chi connectivity index (χ2v) is 4.68. The van der Waals surface area contributed by atoms with Crippen molar-refractivity contribution in [2.24, 2.45) is 0 Å². The van der Waals surface area contributed by atoms with E-state index in [4.69, 9.17) is 0 Å². The Morgan fingerprint density at radius 3 is 2.42 bits per heavy atom. The maximum Gasteiger partial charge on any atom is 0.272 e. The zero-order chi connectivity index (χ0) is 13.7. The number of carbonyl (C=O) groups excluding carboxylic acids is 1. The number of benzene rings is 1. The van der Waals surface area contributed by atoms with Gasteiger partial charge in [0.2, 0.25) is 0 Å². The fraction of sp³-hybridized carbons (Fsp3) is 0.375. The van der Waals surface area contributed by atoms with Gasteiger partial charge in [0.05, 0.1) is 5.52 Å². The molecule has 3 nitrogen and oxygen atoms in total. The van der Waals surface area contributed by atoms with Crippen LogP contribution in [0.25, 0.3) is 10.9 Å². The quantitative estimate of drug-likeness (QED) is 0.820. The third-order valence-corrected chi connectivity index (χ3v) is 3.09. The largest absolute Gasteiger partial charge is 0.337 e. The smallest absolute Gasteiger partial charge is 0.272 e. The van der Waals surface area contributed by atoms with Crippen molar-refractivity contribution < 1.29 is 4.79 Å². The summed E-state index contributed by atoms with van der Waals surface area (Å²) in [6.45, 7) is 5.76. The Kier molecular flexibility index (Phi) is 4.50. The minimum absolute atomic E-state index is 0.0365. The summed E-state index contributed by atoms with van der Waals surface area (Å²) < 4.78 is 0. The van der Waals surface area contributed by atoms with E-state index < -0.39 is 0 Å². The maximum absolute atomic E-state index is 12.4. The Labute approximate surface area is 114 Å². The van der Waals surface area contributed by atoms with Gasteiger partial charge >= 0.3 is 0 Å². The van der Waals surface area contributed by atoms with Gasteiger partial charge in [0.15, 0.2) is 0 Å². The molecule has 0 aliphatic carbocycles. The van der Waals surface area contributed by atoms with E-state index in [-0.39, 0.29) is 5.91 Å². The molecule has 0 saturated heterocycles. The van der Waals surface area contributed by atoms with Crippen LogP contribution in [0, 0.1) is 0 Å². The van der Waals surface area contributed by atoms with Crippen molar-refractivity contribution in [3.05, 3.63) is 42.1 Å². The minimum Gasteiger partial charge on any atom is -0.337 e. The molecule has 0 N–H and O–H groups in total. The molecule has 3 heteroatoms. The SMILES string of the molecule is CCCN(CCC)C(=O)c1ccc2ccccc2n1. The summed E-state index contributed by atoms with van der Waals surface area (Å²) >= 11 is 0. The highest BCUT2D eigenvalue weighted by Crippen LogP contribution is 2.13. The first-order valence-electron chi connectivity index (χ1n) is 6.91. The number of pyridine rings is 1. The monoisotopic (exact) mass is 256 g/mol. The van der Waals surface area contributed by atoms with Crippen LogP contribution in [0.15, 0.2) is 36.4 Å². The average molecular weight is 256 g/mol. The lowest BCUT2D eigenvalue weighted by atomic mass is 10.2. The molecule has 0 bridgehead atoms. The molecule has 0 aliphatic heterocycles. The van der Waals surface area contributed by atoms with E-state index in [1.165, 1.54) is 0 Å². The van der Waals surface area contributed by atoms with Crippen LogP contribution in [-0.2, 0) is 0 Å². The lowest BCUT2D eigenvalue weighted by Gasteiger charge is -2.21. The van der Waals surface area contributed by atoms with E-state index in [0.717, 1.165) is 36.8 Å². The predicted octanol–water partition coefficient (Wildman–Crippen LogP) is 3.50. The summed E-state index contributed by atoms with van der Waals surface area (Å²) in [5.74, 6) is 0.0365. The second kappa shape index (κ2) is 6.32. The molecule has 0 saturated carbocycles. The number of hydrogen-bond acceptors (Lipinski definition) is 2. The van der Waals surface area contributed by atoms with Crippen molar-refractivity contribution in [3.63, 3.8) is 0 Å². The third-order valence-electron chi connectivity index (χ3n) is 3.09. The van der Waals surface area contributed by atoms with Crippen molar-refractivity contribution in [1.82, 2.24) is 9.88 Å². The van der Waals surface area contributed by atoms with E-state index in [9.17, 15) is 4.79 Å². The van der Waals surface area contributed by atoms with E-state index >= 15 is 0 Å². The molecule has 0 atom stereocenters. The highest BCUT2D eigenvalue weighted by Gasteiger charge is 2.15. The summed E-state index contributed by atoms with van der Waals surface area (Å²) in [5.41, 5.74) is 1.42. The number of amides is 1. The number of rotatable bonds is 5. The summed E-state index contributed by atoms with van der Waals surface area (Å²) in [6, 6.07) is 11.7. The van der Waals surface area contributed by atoms with Gasteiger partial charge in [-0.15, -0.1) is 0 Å². The van der Waals surface area contributed by atoms with Crippen LogP contribution in [0.4, 0.5) is 0 Å². The highest BCUT2D eigenvalue weighted by atomic mass is 16.2. The molecule has 1 aromatic heterocycles. The van der Waals surface area contributed by atoms with Crippen molar-refractivity contribution >= 4 is 16.8 Å². The molecule has 1 amide bonds. The first kappa shape index (κ1) is 13.5. The average Bonchev–Trinajstić information content (AvgIpc) is 2.46. The summed E-state index contributed by atoms with van der Waals surface area (Å²) in [7, 11) is 0.